The molecule has 0 saturated heterocycles. The molecule has 2 aromatic rings. The summed E-state index contributed by atoms with van der Waals surface area (Å²) in [4.78, 5) is 24.6. The molecule has 0 spiro atoms. The normalized spacial score (nSPS) is 14.7. The van der Waals surface area contributed by atoms with Crippen molar-refractivity contribution in [2.24, 2.45) is 0 Å². The van der Waals surface area contributed by atoms with Crippen LogP contribution in [-0.4, -0.2) is 34.3 Å². The number of fused-ring (bicyclic) bond motifs is 3. The maximum absolute atomic E-state index is 12.7. The fourth-order valence-electron chi connectivity index (χ4n) is 3.86. The van der Waals surface area contributed by atoms with Crippen LogP contribution in [0.5, 0.6) is 23.0 Å². The highest BCUT2D eigenvalue weighted by Crippen LogP contribution is 2.50. The summed E-state index contributed by atoms with van der Waals surface area (Å²) in [7, 11) is 6.09. The van der Waals surface area contributed by atoms with E-state index >= 15 is 0 Å². The Kier molecular flexibility index (Phi) is 5.96. The number of ether oxygens (including phenoxy) is 4. The molecule has 1 aliphatic carbocycles. The number of amides is 1. The van der Waals surface area contributed by atoms with Crippen LogP contribution >= 0.6 is 0 Å². The first-order valence-electron chi connectivity index (χ1n) is 9.26. The molecular weight excluding hydrogens is 374 g/mol. The number of hydrogen-bond acceptors (Lipinski definition) is 6. The average molecular weight is 399 g/mol. The van der Waals surface area contributed by atoms with Gasteiger partial charge >= 0.3 is 0 Å². The van der Waals surface area contributed by atoms with Gasteiger partial charge in [-0.05, 0) is 47.7 Å². The molecule has 0 heterocycles. The van der Waals surface area contributed by atoms with Gasteiger partial charge < -0.3 is 24.3 Å². The highest BCUT2D eigenvalue weighted by atomic mass is 16.5. The van der Waals surface area contributed by atoms with E-state index in [2.05, 4.69) is 5.32 Å². The molecule has 0 radical (unpaired) electrons. The SMILES string of the molecule is COc1cc2c(c(OC)c1OC)[C@@H](NC(C)=O)CCc1ccc(OC)c(=O)cc1-2. The third kappa shape index (κ3) is 3.72. The van der Waals surface area contributed by atoms with Crippen LogP contribution in [0.2, 0.25) is 0 Å². The van der Waals surface area contributed by atoms with Crippen molar-refractivity contribution in [3.63, 3.8) is 0 Å². The van der Waals surface area contributed by atoms with Crippen molar-refractivity contribution in [2.75, 3.05) is 28.4 Å². The highest BCUT2D eigenvalue weighted by Gasteiger charge is 2.31. The maximum atomic E-state index is 12.7. The van der Waals surface area contributed by atoms with Crippen molar-refractivity contribution >= 4 is 5.91 Å². The van der Waals surface area contributed by atoms with Crippen molar-refractivity contribution in [1.29, 1.82) is 0 Å². The number of benzene rings is 1. The Hall–Kier alpha value is -3.22. The molecule has 0 fully saturated rings. The highest BCUT2D eigenvalue weighted by molar-refractivity contribution is 5.81. The van der Waals surface area contributed by atoms with Crippen molar-refractivity contribution in [1.82, 2.24) is 5.32 Å². The van der Waals surface area contributed by atoms with Gasteiger partial charge in [-0.15, -0.1) is 0 Å². The van der Waals surface area contributed by atoms with Crippen LogP contribution in [0, 0.1) is 0 Å². The predicted molar refractivity (Wildman–Crippen MR) is 109 cm³/mol. The van der Waals surface area contributed by atoms with E-state index in [1.54, 1.807) is 26.4 Å². The van der Waals surface area contributed by atoms with Gasteiger partial charge in [-0.1, -0.05) is 6.07 Å². The Morgan fingerprint density at radius 3 is 2.21 bits per heavy atom. The monoisotopic (exact) mass is 399 g/mol. The lowest BCUT2D eigenvalue weighted by Crippen LogP contribution is -2.27. The van der Waals surface area contributed by atoms with Crippen LogP contribution in [0.1, 0.15) is 30.5 Å². The number of carbonyl (C=O) groups excluding carboxylic acids is 1. The van der Waals surface area contributed by atoms with E-state index < -0.39 is 0 Å². The second-order valence-corrected chi connectivity index (χ2v) is 6.75. The molecule has 0 bridgehead atoms. The zero-order valence-electron chi connectivity index (χ0n) is 17.3. The molecule has 0 aliphatic heterocycles. The summed E-state index contributed by atoms with van der Waals surface area (Å²) in [6.45, 7) is 1.48. The zero-order valence-corrected chi connectivity index (χ0v) is 17.3. The van der Waals surface area contributed by atoms with E-state index in [0.29, 0.717) is 30.1 Å². The molecule has 7 heteroatoms. The van der Waals surface area contributed by atoms with Crippen LogP contribution in [0.25, 0.3) is 11.1 Å². The average Bonchev–Trinajstić information content (AvgIpc) is 2.94. The fourth-order valence-corrected chi connectivity index (χ4v) is 3.86. The summed E-state index contributed by atoms with van der Waals surface area (Å²) in [5, 5.41) is 3.00. The molecule has 0 saturated carbocycles. The molecule has 29 heavy (non-hydrogen) atoms. The van der Waals surface area contributed by atoms with Crippen LogP contribution in [0.3, 0.4) is 0 Å². The van der Waals surface area contributed by atoms with Gasteiger partial charge in [-0.3, -0.25) is 9.59 Å². The van der Waals surface area contributed by atoms with E-state index in [-0.39, 0.29) is 23.1 Å². The van der Waals surface area contributed by atoms with E-state index in [1.807, 2.05) is 12.1 Å². The minimum absolute atomic E-state index is 0.152. The number of carbonyl (C=O) groups is 1. The first-order chi connectivity index (χ1) is 13.9. The molecule has 1 aliphatic rings. The van der Waals surface area contributed by atoms with Crippen molar-refractivity contribution in [2.45, 2.75) is 25.8 Å². The summed E-state index contributed by atoms with van der Waals surface area (Å²) in [5.41, 5.74) is 2.99. The summed E-state index contributed by atoms with van der Waals surface area (Å²) in [6.07, 6.45) is 1.28. The minimum atomic E-state index is -0.313. The lowest BCUT2D eigenvalue weighted by molar-refractivity contribution is -0.119. The third-order valence-electron chi connectivity index (χ3n) is 5.11. The van der Waals surface area contributed by atoms with Gasteiger partial charge in [0.15, 0.2) is 17.2 Å². The van der Waals surface area contributed by atoms with Crippen LogP contribution in [0.4, 0.5) is 0 Å². The molecule has 0 aromatic heterocycles. The molecule has 154 valence electrons. The molecule has 0 unspecified atom stereocenters. The van der Waals surface area contributed by atoms with E-state index in [1.165, 1.54) is 21.1 Å². The fraction of sp³-hybridized carbons (Fsp3) is 0.364. The van der Waals surface area contributed by atoms with E-state index in [9.17, 15) is 9.59 Å². The Morgan fingerprint density at radius 1 is 0.931 bits per heavy atom. The van der Waals surface area contributed by atoms with Gasteiger partial charge in [-0.2, -0.15) is 0 Å². The summed E-state index contributed by atoms with van der Waals surface area (Å²) >= 11 is 0. The van der Waals surface area contributed by atoms with Crippen molar-refractivity contribution in [3.8, 4) is 34.1 Å². The Labute approximate surface area is 169 Å². The smallest absolute Gasteiger partial charge is 0.220 e. The number of nitrogens with one attached hydrogen (secondary N) is 1. The molecule has 1 atom stereocenters. The van der Waals surface area contributed by atoms with Crippen LogP contribution in [0.15, 0.2) is 29.1 Å². The number of aryl methyl sites for hydroxylation is 1. The van der Waals surface area contributed by atoms with Gasteiger partial charge in [0.2, 0.25) is 17.1 Å². The lowest BCUT2D eigenvalue weighted by atomic mass is 9.94. The summed E-state index contributed by atoms with van der Waals surface area (Å²) < 4.78 is 22.0. The molecular formula is C22H25NO6. The number of methoxy groups -OCH3 is 4. The molecule has 7 nitrogen and oxygen atoms in total. The largest absolute Gasteiger partial charge is 0.493 e. The molecule has 2 aromatic carbocycles. The Balaban J connectivity index is 2.42. The number of rotatable bonds is 5. The molecule has 3 rings (SSSR count). The second-order valence-electron chi connectivity index (χ2n) is 6.75. The topological polar surface area (TPSA) is 83.1 Å². The second kappa shape index (κ2) is 8.43. The number of hydrogen-bond donors (Lipinski definition) is 1. The first-order valence-corrected chi connectivity index (χ1v) is 9.26. The van der Waals surface area contributed by atoms with E-state index in [0.717, 1.165) is 22.3 Å². The predicted octanol–water partition coefficient (Wildman–Crippen LogP) is 2.87. The maximum Gasteiger partial charge on any atom is 0.220 e. The third-order valence-corrected chi connectivity index (χ3v) is 5.11. The lowest BCUT2D eigenvalue weighted by Gasteiger charge is -2.24. The van der Waals surface area contributed by atoms with Gasteiger partial charge in [-0.25, -0.2) is 0 Å². The van der Waals surface area contributed by atoms with Crippen LogP contribution in [-0.2, 0) is 11.2 Å². The molecule has 1 N–H and O–H groups in total. The van der Waals surface area contributed by atoms with Crippen LogP contribution < -0.4 is 29.7 Å². The standard InChI is InChI=1S/C22H25NO6/c1-12(24)23-16-8-6-13-7-9-18(26-2)17(25)10-14(13)15-11-19(27-3)21(28-4)22(29-5)20(15)16/h7,9-11,16H,6,8H2,1-5H3,(H,23,24)/t16-/m0/s1. The summed E-state index contributed by atoms with van der Waals surface area (Å²) in [6, 6.07) is 6.64. The van der Waals surface area contributed by atoms with Crippen molar-refractivity contribution < 1.29 is 23.7 Å². The first kappa shape index (κ1) is 20.5. The van der Waals surface area contributed by atoms with Gasteiger partial charge in [0, 0.05) is 12.5 Å². The quantitative estimate of drug-likeness (QED) is 0.833. The molecule has 1 amide bonds. The van der Waals surface area contributed by atoms with Gasteiger partial charge in [0.1, 0.15) is 0 Å². The van der Waals surface area contributed by atoms with Crippen molar-refractivity contribution in [3.05, 3.63) is 45.6 Å². The Bertz CT molecular complexity index is 1000. The Morgan fingerprint density at radius 2 is 1.62 bits per heavy atom. The minimum Gasteiger partial charge on any atom is -0.493 e. The zero-order chi connectivity index (χ0) is 21.1. The van der Waals surface area contributed by atoms with Gasteiger partial charge in [0.05, 0.1) is 34.5 Å². The van der Waals surface area contributed by atoms with Gasteiger partial charge in [0.25, 0.3) is 0 Å². The van der Waals surface area contributed by atoms with E-state index in [4.69, 9.17) is 18.9 Å². The summed E-state index contributed by atoms with van der Waals surface area (Å²) in [5.74, 6) is 1.50.